The molecule has 0 saturated carbocycles. The number of ether oxygens (including phenoxy) is 2. The second kappa shape index (κ2) is 7.72. The molecule has 1 aromatic heterocycles. The van der Waals surface area contributed by atoms with Gasteiger partial charge in [0.15, 0.2) is 5.13 Å². The second-order valence-corrected chi connectivity index (χ2v) is 5.92. The Bertz CT molecular complexity index is 466. The van der Waals surface area contributed by atoms with Gasteiger partial charge in [0.2, 0.25) is 0 Å². The first-order chi connectivity index (χ1) is 10.1. The van der Waals surface area contributed by atoms with E-state index in [-0.39, 0.29) is 24.8 Å². The number of aryl methyl sites for hydroxylation is 1. The first kappa shape index (κ1) is 16.2. The number of thiazole rings is 1. The van der Waals surface area contributed by atoms with E-state index in [1.807, 2.05) is 12.3 Å². The molecule has 6 nitrogen and oxygen atoms in total. The number of morpholine rings is 1. The molecule has 0 aliphatic carbocycles. The van der Waals surface area contributed by atoms with E-state index >= 15 is 0 Å². The molecule has 0 amide bonds. The maximum Gasteiger partial charge on any atom is 0.306 e. The fraction of sp³-hybridized carbons (Fsp3) is 0.714. The molecule has 2 heterocycles. The van der Waals surface area contributed by atoms with Gasteiger partial charge in [-0.05, 0) is 13.8 Å². The van der Waals surface area contributed by atoms with Crippen LogP contribution < -0.4 is 4.90 Å². The number of carbonyl (C=O) groups is 1. The Morgan fingerprint density at radius 3 is 3.14 bits per heavy atom. The summed E-state index contributed by atoms with van der Waals surface area (Å²) >= 11 is 1.56. The van der Waals surface area contributed by atoms with Crippen LogP contribution in [0.2, 0.25) is 0 Å². The third-order valence-corrected chi connectivity index (χ3v) is 4.18. The maximum atomic E-state index is 11.3. The number of nitrogens with zero attached hydrogens (tertiary/aromatic N) is 2. The summed E-state index contributed by atoms with van der Waals surface area (Å²) in [5.41, 5.74) is 0.905. The minimum atomic E-state index is -0.188. The Kier molecular flexibility index (Phi) is 5.96. The highest BCUT2D eigenvalue weighted by molar-refractivity contribution is 7.13. The summed E-state index contributed by atoms with van der Waals surface area (Å²) < 4.78 is 10.5. The number of aliphatic hydroxyl groups is 1. The predicted molar refractivity (Wildman–Crippen MR) is 80.7 cm³/mol. The van der Waals surface area contributed by atoms with Crippen LogP contribution in [0.1, 0.15) is 26.0 Å². The van der Waals surface area contributed by atoms with Crippen LogP contribution in [0.4, 0.5) is 5.13 Å². The van der Waals surface area contributed by atoms with Gasteiger partial charge >= 0.3 is 5.97 Å². The number of aromatic nitrogens is 1. The summed E-state index contributed by atoms with van der Waals surface area (Å²) in [4.78, 5) is 18.0. The van der Waals surface area contributed by atoms with Crippen molar-refractivity contribution in [2.75, 3.05) is 31.2 Å². The van der Waals surface area contributed by atoms with Crippen LogP contribution in [0.5, 0.6) is 0 Å². The van der Waals surface area contributed by atoms with Crippen molar-refractivity contribution in [3.63, 3.8) is 0 Å². The van der Waals surface area contributed by atoms with Crippen molar-refractivity contribution in [2.24, 2.45) is 0 Å². The molecule has 1 saturated heterocycles. The van der Waals surface area contributed by atoms with E-state index in [1.54, 1.807) is 18.3 Å². The van der Waals surface area contributed by atoms with Gasteiger partial charge in [-0.3, -0.25) is 4.79 Å². The lowest BCUT2D eigenvalue weighted by Crippen LogP contribution is -2.48. The summed E-state index contributed by atoms with van der Waals surface area (Å²) in [5.74, 6) is -0.188. The smallest absolute Gasteiger partial charge is 0.306 e. The molecule has 7 heteroatoms. The van der Waals surface area contributed by atoms with Gasteiger partial charge in [0.25, 0.3) is 0 Å². The van der Waals surface area contributed by atoms with Crippen molar-refractivity contribution < 1.29 is 19.4 Å². The molecule has 1 N–H and O–H groups in total. The number of hydrogen-bond donors (Lipinski definition) is 1. The zero-order valence-electron chi connectivity index (χ0n) is 12.4. The molecule has 2 unspecified atom stereocenters. The molecule has 118 valence electrons. The van der Waals surface area contributed by atoms with Crippen molar-refractivity contribution >= 4 is 22.4 Å². The van der Waals surface area contributed by atoms with E-state index in [0.717, 1.165) is 17.4 Å². The normalized spacial score (nSPS) is 22.3. The minimum absolute atomic E-state index is 0.0158. The third kappa shape index (κ3) is 4.66. The SMILES string of the molecule is CCOC(=O)CCc1csc(N2CC(C)OC(CO)C2)n1. The third-order valence-electron chi connectivity index (χ3n) is 3.23. The number of hydrogen-bond acceptors (Lipinski definition) is 7. The quantitative estimate of drug-likeness (QED) is 0.796. The molecular formula is C14H22N2O4S. The highest BCUT2D eigenvalue weighted by Crippen LogP contribution is 2.25. The van der Waals surface area contributed by atoms with E-state index in [4.69, 9.17) is 9.47 Å². The fourth-order valence-electron chi connectivity index (χ4n) is 2.32. The average Bonchev–Trinajstić information content (AvgIpc) is 2.93. The van der Waals surface area contributed by atoms with E-state index in [2.05, 4.69) is 9.88 Å². The number of carbonyl (C=O) groups excluding carboxylic acids is 1. The Labute approximate surface area is 128 Å². The first-order valence-corrected chi connectivity index (χ1v) is 8.11. The van der Waals surface area contributed by atoms with Crippen molar-refractivity contribution in [1.29, 1.82) is 0 Å². The Hall–Kier alpha value is -1.18. The summed E-state index contributed by atoms with van der Waals surface area (Å²) in [6, 6.07) is 0. The molecule has 0 radical (unpaired) electrons. The lowest BCUT2D eigenvalue weighted by Gasteiger charge is -2.35. The number of anilines is 1. The van der Waals surface area contributed by atoms with Gasteiger partial charge in [-0.25, -0.2) is 4.98 Å². The zero-order chi connectivity index (χ0) is 15.2. The van der Waals surface area contributed by atoms with Crippen molar-refractivity contribution in [1.82, 2.24) is 4.98 Å². The topological polar surface area (TPSA) is 71.9 Å². The molecule has 2 rings (SSSR count). The van der Waals surface area contributed by atoms with Crippen LogP contribution in [-0.4, -0.2) is 54.6 Å². The Morgan fingerprint density at radius 2 is 2.43 bits per heavy atom. The minimum Gasteiger partial charge on any atom is -0.466 e. The van der Waals surface area contributed by atoms with Crippen molar-refractivity contribution in [3.05, 3.63) is 11.1 Å². The summed E-state index contributed by atoms with van der Waals surface area (Å²) in [6.07, 6.45) is 0.859. The van der Waals surface area contributed by atoms with Crippen LogP contribution in [0.3, 0.4) is 0 Å². The Balaban J connectivity index is 1.91. The Morgan fingerprint density at radius 1 is 1.62 bits per heavy atom. The highest BCUT2D eigenvalue weighted by atomic mass is 32.1. The number of aliphatic hydroxyl groups excluding tert-OH is 1. The summed E-state index contributed by atoms with van der Waals surface area (Å²) in [6.45, 7) is 5.63. The maximum absolute atomic E-state index is 11.3. The van der Waals surface area contributed by atoms with Gasteiger partial charge in [-0.2, -0.15) is 0 Å². The first-order valence-electron chi connectivity index (χ1n) is 7.23. The van der Waals surface area contributed by atoms with E-state index in [1.165, 1.54) is 0 Å². The van der Waals surface area contributed by atoms with Crippen molar-refractivity contribution in [2.45, 2.75) is 38.9 Å². The standard InChI is InChI=1S/C14H22N2O4S/c1-3-19-13(18)5-4-11-9-21-14(15-11)16-6-10(2)20-12(7-16)8-17/h9-10,12,17H,3-8H2,1-2H3. The lowest BCUT2D eigenvalue weighted by atomic mass is 10.2. The van der Waals surface area contributed by atoms with Crippen LogP contribution >= 0.6 is 11.3 Å². The van der Waals surface area contributed by atoms with E-state index in [9.17, 15) is 9.90 Å². The van der Waals surface area contributed by atoms with Crippen LogP contribution in [0, 0.1) is 0 Å². The predicted octanol–water partition coefficient (Wildman–Crippen LogP) is 1.22. The monoisotopic (exact) mass is 314 g/mol. The fourth-order valence-corrected chi connectivity index (χ4v) is 3.20. The summed E-state index contributed by atoms with van der Waals surface area (Å²) in [7, 11) is 0. The van der Waals surface area contributed by atoms with Gasteiger partial charge in [0.05, 0.1) is 37.5 Å². The molecule has 1 aromatic rings. The van der Waals surface area contributed by atoms with E-state index < -0.39 is 0 Å². The molecular weight excluding hydrogens is 292 g/mol. The summed E-state index contributed by atoms with van der Waals surface area (Å²) in [5, 5.41) is 12.1. The van der Waals surface area contributed by atoms with Gasteiger partial charge in [-0.1, -0.05) is 0 Å². The van der Waals surface area contributed by atoms with Gasteiger partial charge in [-0.15, -0.1) is 11.3 Å². The molecule has 0 spiro atoms. The number of rotatable bonds is 6. The zero-order valence-corrected chi connectivity index (χ0v) is 13.3. The van der Waals surface area contributed by atoms with E-state index in [0.29, 0.717) is 26.0 Å². The molecule has 2 atom stereocenters. The van der Waals surface area contributed by atoms with Crippen LogP contribution in [0.15, 0.2) is 5.38 Å². The molecule has 21 heavy (non-hydrogen) atoms. The molecule has 0 bridgehead atoms. The van der Waals surface area contributed by atoms with Crippen LogP contribution in [0.25, 0.3) is 0 Å². The largest absolute Gasteiger partial charge is 0.466 e. The molecule has 1 aliphatic rings. The van der Waals surface area contributed by atoms with Crippen LogP contribution in [-0.2, 0) is 20.7 Å². The van der Waals surface area contributed by atoms with Gasteiger partial charge in [0.1, 0.15) is 0 Å². The van der Waals surface area contributed by atoms with Gasteiger partial charge in [0, 0.05) is 24.9 Å². The molecule has 0 aromatic carbocycles. The average molecular weight is 314 g/mol. The van der Waals surface area contributed by atoms with Crippen molar-refractivity contribution in [3.8, 4) is 0 Å². The molecule has 1 fully saturated rings. The highest BCUT2D eigenvalue weighted by Gasteiger charge is 2.26. The van der Waals surface area contributed by atoms with Gasteiger partial charge < -0.3 is 19.5 Å². The molecule has 1 aliphatic heterocycles. The number of esters is 1. The second-order valence-electron chi connectivity index (χ2n) is 5.08. The lowest BCUT2D eigenvalue weighted by molar-refractivity contribution is -0.143.